The molecule has 168 valence electrons. The summed E-state index contributed by atoms with van der Waals surface area (Å²) in [6.45, 7) is 0.341. The van der Waals surface area contributed by atoms with Crippen LogP contribution in [-0.4, -0.2) is 17.5 Å². The average Bonchev–Trinajstić information content (AvgIpc) is 3.15. The van der Waals surface area contributed by atoms with Crippen molar-refractivity contribution in [1.82, 2.24) is 4.98 Å². The van der Waals surface area contributed by atoms with Gasteiger partial charge in [0, 0.05) is 29.4 Å². The number of carbonyl (C=O) groups excluding carboxylic acids is 1. The molecule has 0 aliphatic heterocycles. The Kier molecular flexibility index (Phi) is 5.35. The topological polar surface area (TPSA) is 54.1 Å². The first-order valence-corrected chi connectivity index (χ1v) is 11.1. The van der Waals surface area contributed by atoms with Crippen molar-refractivity contribution in [3.63, 3.8) is 0 Å². The van der Waals surface area contributed by atoms with Gasteiger partial charge in [0.15, 0.2) is 0 Å². The van der Waals surface area contributed by atoms with Gasteiger partial charge in [-0.25, -0.2) is 0 Å². The Hall–Kier alpha value is -2.96. The molecule has 2 bridgehead atoms. The molecular weight excluding hydrogens is 417 g/mol. The SMILES string of the molecule is O=C(Nc1c[nH]c2ccc(CCOc3ccc(C(F)(F)F)cc3)cc12)[C@@H]1CCC2CC1C2. The van der Waals surface area contributed by atoms with Crippen LogP contribution in [0.15, 0.2) is 48.7 Å². The van der Waals surface area contributed by atoms with Crippen LogP contribution in [0.3, 0.4) is 0 Å². The van der Waals surface area contributed by atoms with Crippen LogP contribution < -0.4 is 10.1 Å². The molecule has 1 atom stereocenters. The van der Waals surface area contributed by atoms with E-state index < -0.39 is 11.7 Å². The molecular formula is C25H25F3N2O2. The normalized spacial score (nSPS) is 22.4. The zero-order chi connectivity index (χ0) is 22.3. The molecule has 0 saturated heterocycles. The second-order valence-electron chi connectivity index (χ2n) is 8.97. The molecule has 0 spiro atoms. The molecule has 32 heavy (non-hydrogen) atoms. The molecule has 2 N–H and O–H groups in total. The number of alkyl halides is 3. The van der Waals surface area contributed by atoms with Crippen molar-refractivity contribution in [3.8, 4) is 5.75 Å². The standard InChI is InChI=1S/C25H25F3N2O2/c26-25(27,28)18-3-5-19(6-4-18)32-10-9-15-2-8-22-21(13-15)23(14-29-22)30-24(31)20-7-1-16-11-17(20)12-16/h2-6,8,13-14,16-17,20,29H,1,7,9-12H2,(H,30,31)/t16?,17?,20-/m1/s1. The number of aromatic amines is 1. The highest BCUT2D eigenvalue weighted by Gasteiger charge is 2.43. The van der Waals surface area contributed by atoms with E-state index in [1.807, 2.05) is 24.4 Å². The number of anilines is 1. The van der Waals surface area contributed by atoms with E-state index in [-0.39, 0.29) is 11.8 Å². The number of fused-ring (bicyclic) bond motifs is 3. The van der Waals surface area contributed by atoms with Gasteiger partial charge in [0.1, 0.15) is 5.75 Å². The van der Waals surface area contributed by atoms with Gasteiger partial charge in [-0.2, -0.15) is 13.2 Å². The molecule has 0 unspecified atom stereocenters. The van der Waals surface area contributed by atoms with Crippen LogP contribution in [0.5, 0.6) is 5.75 Å². The largest absolute Gasteiger partial charge is 0.493 e. The van der Waals surface area contributed by atoms with E-state index in [0.717, 1.165) is 53.0 Å². The molecule has 0 radical (unpaired) electrons. The Morgan fingerprint density at radius 1 is 1.09 bits per heavy atom. The third-order valence-electron chi connectivity index (χ3n) is 6.91. The van der Waals surface area contributed by atoms with Gasteiger partial charge in [0.05, 0.1) is 17.9 Å². The number of rotatable bonds is 6. The summed E-state index contributed by atoms with van der Waals surface area (Å²) in [5.41, 5.74) is 2.07. The van der Waals surface area contributed by atoms with Crippen molar-refractivity contribution >= 4 is 22.5 Å². The average molecular weight is 442 g/mol. The summed E-state index contributed by atoms with van der Waals surface area (Å²) >= 11 is 0. The Bertz CT molecular complexity index is 1110. The highest BCUT2D eigenvalue weighted by molar-refractivity contribution is 6.02. The predicted molar refractivity (Wildman–Crippen MR) is 117 cm³/mol. The highest BCUT2D eigenvalue weighted by Crippen LogP contribution is 2.49. The van der Waals surface area contributed by atoms with E-state index in [4.69, 9.17) is 4.74 Å². The first-order chi connectivity index (χ1) is 15.4. The summed E-state index contributed by atoms with van der Waals surface area (Å²) < 4.78 is 43.6. The quantitative estimate of drug-likeness (QED) is 0.479. The second kappa shape index (κ2) is 8.19. The molecule has 1 heterocycles. The molecule has 3 fully saturated rings. The Balaban J connectivity index is 1.21. The van der Waals surface area contributed by atoms with Crippen LogP contribution in [0, 0.1) is 17.8 Å². The maximum Gasteiger partial charge on any atom is 0.416 e. The van der Waals surface area contributed by atoms with Crippen molar-refractivity contribution in [2.45, 2.75) is 38.3 Å². The van der Waals surface area contributed by atoms with Gasteiger partial charge in [-0.05, 0) is 79.5 Å². The second-order valence-corrected chi connectivity index (χ2v) is 8.97. The molecule has 3 aliphatic rings. The zero-order valence-corrected chi connectivity index (χ0v) is 17.5. The van der Waals surface area contributed by atoms with Crippen LogP contribution in [-0.2, 0) is 17.4 Å². The summed E-state index contributed by atoms with van der Waals surface area (Å²) in [7, 11) is 0. The molecule has 1 aromatic heterocycles. The van der Waals surface area contributed by atoms with Gasteiger partial charge < -0.3 is 15.0 Å². The van der Waals surface area contributed by atoms with Crippen LogP contribution >= 0.6 is 0 Å². The summed E-state index contributed by atoms with van der Waals surface area (Å²) in [5.74, 6) is 2.01. The van der Waals surface area contributed by atoms with E-state index in [1.165, 1.54) is 25.0 Å². The Labute approximate surface area is 184 Å². The lowest BCUT2D eigenvalue weighted by Crippen LogP contribution is -2.42. The van der Waals surface area contributed by atoms with Gasteiger partial charge in [-0.1, -0.05) is 6.07 Å². The number of hydrogen-bond donors (Lipinski definition) is 2. The molecule has 7 heteroatoms. The first kappa shape index (κ1) is 20.9. The minimum absolute atomic E-state index is 0.116. The van der Waals surface area contributed by atoms with E-state index in [9.17, 15) is 18.0 Å². The maximum absolute atomic E-state index is 12.8. The molecule has 1 amide bonds. The van der Waals surface area contributed by atoms with Gasteiger partial charge >= 0.3 is 6.18 Å². The minimum atomic E-state index is -4.35. The van der Waals surface area contributed by atoms with Crippen LogP contribution in [0.25, 0.3) is 10.9 Å². The molecule has 3 aliphatic carbocycles. The van der Waals surface area contributed by atoms with Crippen LogP contribution in [0.1, 0.15) is 36.8 Å². The number of benzene rings is 2. The Morgan fingerprint density at radius 2 is 1.88 bits per heavy atom. The number of carbonyl (C=O) groups is 1. The van der Waals surface area contributed by atoms with Gasteiger partial charge in [0.2, 0.25) is 5.91 Å². The number of ether oxygens (including phenoxy) is 1. The van der Waals surface area contributed by atoms with E-state index in [0.29, 0.717) is 24.7 Å². The number of halogens is 3. The van der Waals surface area contributed by atoms with Crippen molar-refractivity contribution in [3.05, 3.63) is 59.8 Å². The number of H-pyrrole nitrogens is 1. The number of nitrogens with one attached hydrogen (secondary N) is 2. The number of hydrogen-bond acceptors (Lipinski definition) is 2. The van der Waals surface area contributed by atoms with Gasteiger partial charge in [0.25, 0.3) is 0 Å². The summed E-state index contributed by atoms with van der Waals surface area (Å²) in [5, 5.41) is 4.07. The van der Waals surface area contributed by atoms with Crippen molar-refractivity contribution in [2.24, 2.45) is 17.8 Å². The summed E-state index contributed by atoms with van der Waals surface area (Å²) in [4.78, 5) is 16.0. The lowest BCUT2D eigenvalue weighted by molar-refractivity contribution is -0.137. The van der Waals surface area contributed by atoms with Crippen LogP contribution in [0.2, 0.25) is 0 Å². The van der Waals surface area contributed by atoms with Gasteiger partial charge in [-0.3, -0.25) is 4.79 Å². The Morgan fingerprint density at radius 3 is 2.56 bits per heavy atom. The van der Waals surface area contributed by atoms with Crippen molar-refractivity contribution in [1.29, 1.82) is 0 Å². The fourth-order valence-electron chi connectivity index (χ4n) is 5.03. The van der Waals surface area contributed by atoms with E-state index in [2.05, 4.69) is 10.3 Å². The fourth-order valence-corrected chi connectivity index (χ4v) is 5.03. The lowest BCUT2D eigenvalue weighted by atomic mass is 9.60. The third kappa shape index (κ3) is 4.20. The summed E-state index contributed by atoms with van der Waals surface area (Å²) in [6.07, 6.45) is 2.60. The van der Waals surface area contributed by atoms with E-state index in [1.54, 1.807) is 0 Å². The number of amides is 1. The monoisotopic (exact) mass is 442 g/mol. The lowest BCUT2D eigenvalue weighted by Gasteiger charge is -2.45. The molecule has 6 rings (SSSR count). The van der Waals surface area contributed by atoms with Crippen LogP contribution in [0.4, 0.5) is 18.9 Å². The maximum atomic E-state index is 12.8. The highest BCUT2D eigenvalue weighted by atomic mass is 19.4. The first-order valence-electron chi connectivity index (χ1n) is 11.1. The molecule has 4 nitrogen and oxygen atoms in total. The zero-order valence-electron chi connectivity index (χ0n) is 17.5. The van der Waals surface area contributed by atoms with Crippen molar-refractivity contribution in [2.75, 3.05) is 11.9 Å². The minimum Gasteiger partial charge on any atom is -0.493 e. The van der Waals surface area contributed by atoms with Gasteiger partial charge in [-0.15, -0.1) is 0 Å². The van der Waals surface area contributed by atoms with Crippen molar-refractivity contribution < 1.29 is 22.7 Å². The molecule has 3 aromatic rings. The predicted octanol–water partition coefficient (Wildman–Crippen LogP) is 6.18. The molecule has 2 aromatic carbocycles. The smallest absolute Gasteiger partial charge is 0.416 e. The summed E-state index contributed by atoms with van der Waals surface area (Å²) in [6, 6.07) is 10.7. The number of aromatic nitrogens is 1. The fraction of sp³-hybridized carbons (Fsp3) is 0.400. The van der Waals surface area contributed by atoms with E-state index >= 15 is 0 Å². The molecule has 3 saturated carbocycles. The third-order valence-corrected chi connectivity index (χ3v) is 6.91.